The van der Waals surface area contributed by atoms with Crippen molar-refractivity contribution in [1.82, 2.24) is 4.57 Å². The molecule has 0 N–H and O–H groups in total. The van der Waals surface area contributed by atoms with E-state index < -0.39 is 0 Å². The Hall–Kier alpha value is -5.71. The number of rotatable bonds is 1. The number of nitrogens with zero attached hydrogens (tertiary/aromatic N) is 1. The fourth-order valence-electron chi connectivity index (χ4n) is 8.80. The highest BCUT2D eigenvalue weighted by molar-refractivity contribution is 14.1. The summed E-state index contributed by atoms with van der Waals surface area (Å²) in [6, 6.07) is 65.4. The monoisotopic (exact) mass is 789 g/mol. The van der Waals surface area contributed by atoms with Crippen LogP contribution in [0.15, 0.2) is 182 Å². The van der Waals surface area contributed by atoms with Crippen molar-refractivity contribution in [2.24, 2.45) is 0 Å². The van der Waals surface area contributed by atoms with Crippen molar-refractivity contribution in [2.75, 3.05) is 0 Å². The molecular formula is C51H36IN. The van der Waals surface area contributed by atoms with Gasteiger partial charge in [0.2, 0.25) is 0 Å². The molecule has 0 aliphatic heterocycles. The number of halogens is 1. The van der Waals surface area contributed by atoms with Crippen molar-refractivity contribution in [3.8, 4) is 39.1 Å². The fraction of sp³-hybridized carbons (Fsp3) is 0.0588. The van der Waals surface area contributed by atoms with E-state index in [4.69, 9.17) is 0 Å². The molecule has 0 atom stereocenters. The van der Waals surface area contributed by atoms with E-state index in [-0.39, 0.29) is 0 Å². The summed E-state index contributed by atoms with van der Waals surface area (Å²) >= 11 is 2.28. The van der Waals surface area contributed by atoms with Gasteiger partial charge in [-0.2, -0.15) is 0 Å². The molecule has 0 radical (unpaired) electrons. The first-order valence-corrected chi connectivity index (χ1v) is 19.5. The minimum absolute atomic E-state index is 1.01. The van der Waals surface area contributed by atoms with Crippen LogP contribution in [-0.2, 0) is 19.3 Å². The molecule has 1 aromatic heterocycles. The molecule has 252 valence electrons. The third-order valence-corrected chi connectivity index (χ3v) is 11.9. The van der Waals surface area contributed by atoms with Crippen LogP contribution in [0.5, 0.6) is 0 Å². The zero-order valence-electron chi connectivity index (χ0n) is 29.3. The van der Waals surface area contributed by atoms with Gasteiger partial charge in [-0.25, -0.2) is 0 Å². The first-order chi connectivity index (χ1) is 26.2. The molecule has 0 saturated heterocycles. The fourth-order valence-corrected chi connectivity index (χ4v) is 9.22. The zero-order valence-corrected chi connectivity index (χ0v) is 31.4. The normalized spacial score (nSPS) is 12.4. The molecule has 3 aliphatic carbocycles. The second-order valence-corrected chi connectivity index (χ2v) is 15.3. The summed E-state index contributed by atoms with van der Waals surface area (Å²) in [5.41, 5.74) is 21.3. The summed E-state index contributed by atoms with van der Waals surface area (Å²) in [6.07, 6.45) is 3.21. The molecule has 0 fully saturated rings. The molecule has 9 aromatic rings. The third kappa shape index (κ3) is 5.52. The molecule has 0 spiro atoms. The molecule has 0 amide bonds. The minimum Gasteiger partial charge on any atom is -0.309 e. The Balaban J connectivity index is 0.000000114. The number of aromatic nitrogens is 1. The standard InChI is InChI=1S/C25H17N.C20H14.C6H5I/c1-2-9-18(10-3-1)26-24-13-7-6-12-21(24)22-15-14-20-19-11-5-4-8-17(19)16-23(20)25(22)26;1-3-7-15-13(5-1)11-19-17(15)9-10-18-16-8-4-2-6-14(16)12-20(18)19;7-6-4-2-1-3-5-6/h1-15H,16H2;1-10H,11-12H2;1-5H. The van der Waals surface area contributed by atoms with Gasteiger partial charge in [0.05, 0.1) is 11.0 Å². The van der Waals surface area contributed by atoms with Crippen molar-refractivity contribution in [3.05, 3.63) is 219 Å². The van der Waals surface area contributed by atoms with Gasteiger partial charge >= 0.3 is 0 Å². The summed E-state index contributed by atoms with van der Waals surface area (Å²) in [5, 5.41) is 2.67. The van der Waals surface area contributed by atoms with E-state index in [0.717, 1.165) is 19.3 Å². The Morgan fingerprint density at radius 3 is 1.32 bits per heavy atom. The molecule has 2 heteroatoms. The zero-order chi connectivity index (χ0) is 35.3. The maximum Gasteiger partial charge on any atom is 0.0582 e. The average molecular weight is 790 g/mol. The van der Waals surface area contributed by atoms with Gasteiger partial charge in [-0.3, -0.25) is 0 Å². The van der Waals surface area contributed by atoms with Crippen molar-refractivity contribution in [3.63, 3.8) is 0 Å². The van der Waals surface area contributed by atoms with Gasteiger partial charge in [-0.15, -0.1) is 0 Å². The molecule has 53 heavy (non-hydrogen) atoms. The first-order valence-electron chi connectivity index (χ1n) is 18.4. The van der Waals surface area contributed by atoms with Gasteiger partial charge in [-0.1, -0.05) is 152 Å². The Bertz CT molecular complexity index is 2740. The van der Waals surface area contributed by atoms with Crippen LogP contribution in [0, 0.1) is 3.57 Å². The van der Waals surface area contributed by atoms with Crippen LogP contribution in [0.4, 0.5) is 0 Å². The van der Waals surface area contributed by atoms with Crippen LogP contribution >= 0.6 is 22.6 Å². The summed E-state index contributed by atoms with van der Waals surface area (Å²) in [4.78, 5) is 0. The number of hydrogen-bond donors (Lipinski definition) is 0. The van der Waals surface area contributed by atoms with E-state index in [2.05, 4.69) is 191 Å². The van der Waals surface area contributed by atoms with Crippen LogP contribution in [0.25, 0.3) is 60.9 Å². The Morgan fingerprint density at radius 1 is 0.340 bits per heavy atom. The van der Waals surface area contributed by atoms with E-state index in [1.165, 1.54) is 86.7 Å². The van der Waals surface area contributed by atoms with Gasteiger partial charge in [0.15, 0.2) is 0 Å². The average Bonchev–Trinajstić information content (AvgIpc) is 3.98. The molecule has 0 bridgehead atoms. The molecule has 0 unspecified atom stereocenters. The lowest BCUT2D eigenvalue weighted by atomic mass is 9.96. The van der Waals surface area contributed by atoms with Gasteiger partial charge in [0, 0.05) is 26.5 Å². The summed E-state index contributed by atoms with van der Waals surface area (Å²) in [6.45, 7) is 0. The van der Waals surface area contributed by atoms with Crippen LogP contribution in [0.1, 0.15) is 33.4 Å². The second-order valence-electron chi connectivity index (χ2n) is 14.1. The maximum absolute atomic E-state index is 2.44. The highest BCUT2D eigenvalue weighted by atomic mass is 127. The van der Waals surface area contributed by atoms with E-state index in [9.17, 15) is 0 Å². The molecule has 1 nitrogen and oxygen atoms in total. The lowest BCUT2D eigenvalue weighted by Crippen LogP contribution is -1.96. The maximum atomic E-state index is 2.44. The molecule has 1 heterocycles. The highest BCUT2D eigenvalue weighted by Gasteiger charge is 2.27. The van der Waals surface area contributed by atoms with E-state index in [1.807, 2.05) is 18.2 Å². The number of benzene rings is 8. The lowest BCUT2D eigenvalue weighted by Gasteiger charge is -2.10. The molecule has 0 saturated carbocycles. The number of para-hydroxylation sites is 2. The van der Waals surface area contributed by atoms with Crippen LogP contribution in [-0.4, -0.2) is 4.57 Å². The molecule has 12 rings (SSSR count). The van der Waals surface area contributed by atoms with Gasteiger partial charge in [0.1, 0.15) is 0 Å². The molecule has 3 aliphatic rings. The summed E-state index contributed by atoms with van der Waals surface area (Å²) in [5.74, 6) is 0. The predicted octanol–water partition coefficient (Wildman–Crippen LogP) is 13.5. The summed E-state index contributed by atoms with van der Waals surface area (Å²) < 4.78 is 3.73. The Labute approximate surface area is 324 Å². The van der Waals surface area contributed by atoms with Crippen molar-refractivity contribution >= 4 is 44.4 Å². The summed E-state index contributed by atoms with van der Waals surface area (Å²) in [7, 11) is 0. The van der Waals surface area contributed by atoms with Crippen molar-refractivity contribution < 1.29 is 0 Å². The van der Waals surface area contributed by atoms with Crippen LogP contribution < -0.4 is 0 Å². The predicted molar refractivity (Wildman–Crippen MR) is 231 cm³/mol. The van der Waals surface area contributed by atoms with Crippen molar-refractivity contribution in [2.45, 2.75) is 19.3 Å². The Kier molecular flexibility index (Phi) is 8.06. The lowest BCUT2D eigenvalue weighted by molar-refractivity contribution is 1.15. The smallest absolute Gasteiger partial charge is 0.0582 e. The number of fused-ring (bicyclic) bond motifs is 14. The van der Waals surface area contributed by atoms with Crippen LogP contribution in [0.3, 0.4) is 0 Å². The van der Waals surface area contributed by atoms with E-state index >= 15 is 0 Å². The number of hydrogen-bond acceptors (Lipinski definition) is 0. The van der Waals surface area contributed by atoms with Crippen LogP contribution in [0.2, 0.25) is 0 Å². The van der Waals surface area contributed by atoms with Gasteiger partial charge in [0.25, 0.3) is 0 Å². The largest absolute Gasteiger partial charge is 0.309 e. The van der Waals surface area contributed by atoms with Gasteiger partial charge < -0.3 is 4.57 Å². The van der Waals surface area contributed by atoms with Crippen molar-refractivity contribution in [1.29, 1.82) is 0 Å². The SMILES string of the molecule is Ic1ccccc1.c1ccc(-n2c3ccccc3c3ccc4c(c32)Cc2ccccc2-4)cc1.c1ccc2c(c1)Cc1c-2ccc2c1Cc1ccccc1-2. The van der Waals surface area contributed by atoms with Gasteiger partial charge in [-0.05, 0) is 133 Å². The molecular weight excluding hydrogens is 753 g/mol. The Morgan fingerprint density at radius 2 is 0.774 bits per heavy atom. The quantitative estimate of drug-likeness (QED) is 0.146. The first kappa shape index (κ1) is 32.0. The van der Waals surface area contributed by atoms with E-state index in [0.29, 0.717) is 0 Å². The second kappa shape index (κ2) is 13.4. The molecule has 8 aromatic carbocycles. The minimum atomic E-state index is 1.01. The highest BCUT2D eigenvalue weighted by Crippen LogP contribution is 2.47. The third-order valence-electron chi connectivity index (χ3n) is 11.1. The van der Waals surface area contributed by atoms with E-state index in [1.54, 1.807) is 11.1 Å². The topological polar surface area (TPSA) is 4.93 Å².